The molecule has 0 aliphatic heterocycles. The van der Waals surface area contributed by atoms with E-state index >= 15 is 0 Å². The molecule has 0 aliphatic carbocycles. The molecule has 74 valence electrons. The molecule has 1 aromatic heterocycles. The van der Waals surface area contributed by atoms with Gasteiger partial charge in [0.2, 0.25) is 0 Å². The molecule has 3 nitrogen and oxygen atoms in total. The molecule has 0 bridgehead atoms. The number of carbonyl (C=O) groups is 1. The van der Waals surface area contributed by atoms with E-state index < -0.39 is 5.82 Å². The highest BCUT2D eigenvalue weighted by molar-refractivity contribution is 5.76. The average Bonchev–Trinajstić information content (AvgIpc) is 2.21. The van der Waals surface area contributed by atoms with E-state index in [1.807, 2.05) is 6.08 Å². The molecule has 4 heteroatoms. The van der Waals surface area contributed by atoms with Crippen LogP contribution in [-0.4, -0.2) is 17.8 Å². The first-order valence-corrected chi connectivity index (χ1v) is 4.25. The van der Waals surface area contributed by atoms with Gasteiger partial charge in [0.15, 0.2) is 12.1 Å². The van der Waals surface area contributed by atoms with Crippen LogP contribution in [0.3, 0.4) is 0 Å². The first kappa shape index (κ1) is 10.5. The van der Waals surface area contributed by atoms with Crippen LogP contribution >= 0.6 is 0 Å². The Balaban J connectivity index is 2.84. The van der Waals surface area contributed by atoms with Gasteiger partial charge in [-0.3, -0.25) is 9.78 Å². The SMILES string of the molecule is NCCC=Cc1cc(C=O)c(F)cn1. The van der Waals surface area contributed by atoms with E-state index in [9.17, 15) is 9.18 Å². The Bertz CT molecular complexity index is 350. The van der Waals surface area contributed by atoms with Crippen molar-refractivity contribution in [3.63, 3.8) is 0 Å². The van der Waals surface area contributed by atoms with Crippen molar-refractivity contribution >= 4 is 12.4 Å². The van der Waals surface area contributed by atoms with Gasteiger partial charge in [0, 0.05) is 0 Å². The molecule has 14 heavy (non-hydrogen) atoms. The molecule has 1 heterocycles. The monoisotopic (exact) mass is 194 g/mol. The number of aldehydes is 1. The first-order valence-electron chi connectivity index (χ1n) is 4.25. The van der Waals surface area contributed by atoms with Crippen LogP contribution in [0.1, 0.15) is 22.5 Å². The van der Waals surface area contributed by atoms with Crippen LogP contribution in [0, 0.1) is 5.82 Å². The van der Waals surface area contributed by atoms with Crippen LogP contribution in [0.15, 0.2) is 18.3 Å². The molecule has 1 rings (SSSR count). The molecule has 1 aromatic rings. The van der Waals surface area contributed by atoms with Crippen LogP contribution in [-0.2, 0) is 0 Å². The number of carbonyl (C=O) groups excluding carboxylic acids is 1. The van der Waals surface area contributed by atoms with E-state index in [4.69, 9.17) is 5.73 Å². The summed E-state index contributed by atoms with van der Waals surface area (Å²) in [5.41, 5.74) is 5.86. The fraction of sp³-hybridized carbons (Fsp3) is 0.200. The first-order chi connectivity index (χ1) is 6.77. The van der Waals surface area contributed by atoms with E-state index in [1.165, 1.54) is 6.07 Å². The van der Waals surface area contributed by atoms with Gasteiger partial charge in [0.05, 0.1) is 17.5 Å². The summed E-state index contributed by atoms with van der Waals surface area (Å²) in [6.45, 7) is 0.554. The molecule has 2 N–H and O–H groups in total. The molecule has 0 saturated carbocycles. The zero-order chi connectivity index (χ0) is 10.4. The second kappa shape index (κ2) is 5.24. The quantitative estimate of drug-likeness (QED) is 0.737. The van der Waals surface area contributed by atoms with Gasteiger partial charge < -0.3 is 5.73 Å². The third-order valence-corrected chi connectivity index (χ3v) is 1.66. The Labute approximate surface area is 81.5 Å². The summed E-state index contributed by atoms with van der Waals surface area (Å²) in [5.74, 6) is -0.601. The molecule has 0 saturated heterocycles. The van der Waals surface area contributed by atoms with Crippen LogP contribution in [0.5, 0.6) is 0 Å². The van der Waals surface area contributed by atoms with Crippen molar-refractivity contribution in [2.75, 3.05) is 6.54 Å². The lowest BCUT2D eigenvalue weighted by Crippen LogP contribution is -1.95. The smallest absolute Gasteiger partial charge is 0.153 e. The molecule has 0 unspecified atom stereocenters. The van der Waals surface area contributed by atoms with Crippen LogP contribution in [0.4, 0.5) is 4.39 Å². The van der Waals surface area contributed by atoms with E-state index in [-0.39, 0.29) is 5.56 Å². The maximum atomic E-state index is 12.8. The Kier molecular flexibility index (Phi) is 3.94. The van der Waals surface area contributed by atoms with Crippen molar-refractivity contribution in [2.24, 2.45) is 5.73 Å². The topological polar surface area (TPSA) is 56.0 Å². The summed E-state index contributed by atoms with van der Waals surface area (Å²) in [5, 5.41) is 0. The number of hydrogen-bond donors (Lipinski definition) is 1. The normalized spacial score (nSPS) is 10.7. The molecular formula is C10H11FN2O. The van der Waals surface area contributed by atoms with Crippen molar-refractivity contribution in [1.82, 2.24) is 4.98 Å². The van der Waals surface area contributed by atoms with Crippen molar-refractivity contribution in [2.45, 2.75) is 6.42 Å². The number of nitrogens with two attached hydrogens (primary N) is 1. The maximum Gasteiger partial charge on any atom is 0.153 e. The predicted molar refractivity (Wildman–Crippen MR) is 52.3 cm³/mol. The summed E-state index contributed by atoms with van der Waals surface area (Å²) in [6, 6.07) is 1.40. The maximum absolute atomic E-state index is 12.8. The van der Waals surface area contributed by atoms with E-state index in [1.54, 1.807) is 6.08 Å². The molecule has 0 atom stereocenters. The number of hydrogen-bond acceptors (Lipinski definition) is 3. The Morgan fingerprint density at radius 1 is 1.57 bits per heavy atom. The van der Waals surface area contributed by atoms with E-state index in [0.29, 0.717) is 18.5 Å². The predicted octanol–water partition coefficient (Wildman–Crippen LogP) is 1.40. The summed E-state index contributed by atoms with van der Waals surface area (Å²) < 4.78 is 12.8. The van der Waals surface area contributed by atoms with Crippen LogP contribution in [0.25, 0.3) is 6.08 Å². The lowest BCUT2D eigenvalue weighted by molar-refractivity contribution is 0.111. The minimum atomic E-state index is -0.601. The minimum Gasteiger partial charge on any atom is -0.330 e. The third kappa shape index (κ3) is 2.74. The van der Waals surface area contributed by atoms with Crippen molar-refractivity contribution in [1.29, 1.82) is 0 Å². The second-order valence-corrected chi connectivity index (χ2v) is 2.73. The summed E-state index contributed by atoms with van der Waals surface area (Å²) in [7, 11) is 0. The molecule has 0 radical (unpaired) electrons. The van der Waals surface area contributed by atoms with Gasteiger partial charge >= 0.3 is 0 Å². The summed E-state index contributed by atoms with van der Waals surface area (Å²) in [4.78, 5) is 14.2. The van der Waals surface area contributed by atoms with Crippen molar-refractivity contribution in [3.8, 4) is 0 Å². The fourth-order valence-electron chi connectivity index (χ4n) is 0.953. The van der Waals surface area contributed by atoms with Gasteiger partial charge in [-0.05, 0) is 25.1 Å². The van der Waals surface area contributed by atoms with E-state index in [0.717, 1.165) is 12.6 Å². The van der Waals surface area contributed by atoms with Gasteiger partial charge in [-0.15, -0.1) is 0 Å². The minimum absolute atomic E-state index is 0.0207. The van der Waals surface area contributed by atoms with Crippen LogP contribution < -0.4 is 5.73 Å². The number of pyridine rings is 1. The Morgan fingerprint density at radius 2 is 2.36 bits per heavy atom. The standard InChI is InChI=1S/C10H11FN2O/c11-10-6-13-9(3-1-2-4-12)5-8(10)7-14/h1,3,5-7H,2,4,12H2. The van der Waals surface area contributed by atoms with E-state index in [2.05, 4.69) is 4.98 Å². The number of nitrogens with zero attached hydrogens (tertiary/aromatic N) is 1. The van der Waals surface area contributed by atoms with Crippen molar-refractivity contribution < 1.29 is 9.18 Å². The molecule has 0 aromatic carbocycles. The Morgan fingerprint density at radius 3 is 3.00 bits per heavy atom. The lowest BCUT2D eigenvalue weighted by atomic mass is 10.2. The highest BCUT2D eigenvalue weighted by Crippen LogP contribution is 2.06. The third-order valence-electron chi connectivity index (χ3n) is 1.66. The van der Waals surface area contributed by atoms with Gasteiger partial charge in [-0.1, -0.05) is 6.08 Å². The molecular weight excluding hydrogens is 183 g/mol. The van der Waals surface area contributed by atoms with Gasteiger partial charge in [-0.25, -0.2) is 4.39 Å². The molecule has 0 fully saturated rings. The number of rotatable bonds is 4. The largest absolute Gasteiger partial charge is 0.330 e. The van der Waals surface area contributed by atoms with Gasteiger partial charge in [0.25, 0.3) is 0 Å². The number of aromatic nitrogens is 1. The second-order valence-electron chi connectivity index (χ2n) is 2.73. The fourth-order valence-corrected chi connectivity index (χ4v) is 0.953. The molecule has 0 spiro atoms. The highest BCUT2D eigenvalue weighted by Gasteiger charge is 2.00. The van der Waals surface area contributed by atoms with Crippen molar-refractivity contribution in [3.05, 3.63) is 35.4 Å². The highest BCUT2D eigenvalue weighted by atomic mass is 19.1. The van der Waals surface area contributed by atoms with Gasteiger partial charge in [0.1, 0.15) is 0 Å². The Hall–Kier alpha value is -1.55. The van der Waals surface area contributed by atoms with Crippen LogP contribution in [0.2, 0.25) is 0 Å². The molecule has 0 amide bonds. The van der Waals surface area contributed by atoms with Gasteiger partial charge in [-0.2, -0.15) is 0 Å². The molecule has 0 aliphatic rings. The lowest BCUT2D eigenvalue weighted by Gasteiger charge is -1.95. The number of halogens is 1. The average molecular weight is 194 g/mol. The zero-order valence-electron chi connectivity index (χ0n) is 7.61. The summed E-state index contributed by atoms with van der Waals surface area (Å²) in [6.07, 6.45) is 5.77. The zero-order valence-corrected chi connectivity index (χ0v) is 7.61. The summed E-state index contributed by atoms with van der Waals surface area (Å²) >= 11 is 0.